The minimum atomic E-state index is -0.744. The Balaban J connectivity index is 1.77. The summed E-state index contributed by atoms with van der Waals surface area (Å²) in [5.74, 6) is -1.14. The number of carbonyl (C=O) groups is 2. The molecule has 20 heavy (non-hydrogen) atoms. The maximum Gasteiger partial charge on any atom is 0.314 e. The molecule has 0 radical (unpaired) electrons. The molecule has 2 aromatic heterocycles. The first-order valence-electron chi connectivity index (χ1n) is 5.88. The average Bonchev–Trinajstić information content (AvgIpc) is 2.94. The van der Waals surface area contributed by atoms with Crippen molar-refractivity contribution in [1.29, 1.82) is 0 Å². The number of halogens is 1. The monoisotopic (exact) mass is 309 g/mol. The molecule has 0 bridgehead atoms. The van der Waals surface area contributed by atoms with Gasteiger partial charge in [-0.15, -0.1) is 11.3 Å². The lowest BCUT2D eigenvalue weighted by Gasteiger charge is -2.05. The van der Waals surface area contributed by atoms with Crippen molar-refractivity contribution in [3.8, 4) is 0 Å². The summed E-state index contributed by atoms with van der Waals surface area (Å²) in [5.41, 5.74) is 0. The van der Waals surface area contributed by atoms with Crippen LogP contribution in [0.25, 0.3) is 0 Å². The standard InChI is InChI=1S/C13H12ClN3O2S/c14-9-3-4-11(16-8-9)17-13(19)12(18)15-6-5-10-2-1-7-20-10/h1-4,7-8H,5-6H2,(H,15,18)(H,16,17,19). The molecule has 0 saturated heterocycles. The third kappa shape index (κ3) is 4.32. The van der Waals surface area contributed by atoms with Crippen LogP contribution in [0.4, 0.5) is 5.82 Å². The Hall–Kier alpha value is -1.92. The van der Waals surface area contributed by atoms with E-state index in [-0.39, 0.29) is 5.82 Å². The lowest BCUT2D eigenvalue weighted by molar-refractivity contribution is -0.136. The molecule has 0 aliphatic heterocycles. The van der Waals surface area contributed by atoms with Crippen molar-refractivity contribution in [2.24, 2.45) is 0 Å². The van der Waals surface area contributed by atoms with Gasteiger partial charge in [-0.05, 0) is 30.0 Å². The fraction of sp³-hybridized carbons (Fsp3) is 0.154. The molecule has 5 nitrogen and oxygen atoms in total. The van der Waals surface area contributed by atoms with Crippen molar-refractivity contribution >= 4 is 40.6 Å². The van der Waals surface area contributed by atoms with Gasteiger partial charge in [0.25, 0.3) is 0 Å². The predicted octanol–water partition coefficient (Wildman–Crippen LogP) is 2.09. The first kappa shape index (κ1) is 14.5. The van der Waals surface area contributed by atoms with Gasteiger partial charge in [0, 0.05) is 17.6 Å². The number of nitrogens with zero attached hydrogens (tertiary/aromatic N) is 1. The normalized spacial score (nSPS) is 10.1. The summed E-state index contributed by atoms with van der Waals surface area (Å²) in [6.07, 6.45) is 2.10. The van der Waals surface area contributed by atoms with Crippen molar-refractivity contribution in [2.45, 2.75) is 6.42 Å². The zero-order chi connectivity index (χ0) is 14.4. The summed E-state index contributed by atoms with van der Waals surface area (Å²) >= 11 is 7.29. The van der Waals surface area contributed by atoms with E-state index in [4.69, 9.17) is 11.6 Å². The average molecular weight is 310 g/mol. The van der Waals surface area contributed by atoms with Crippen LogP contribution in [0.15, 0.2) is 35.8 Å². The quantitative estimate of drug-likeness (QED) is 0.850. The van der Waals surface area contributed by atoms with Gasteiger partial charge in [-0.3, -0.25) is 9.59 Å². The van der Waals surface area contributed by atoms with Crippen molar-refractivity contribution in [3.05, 3.63) is 45.7 Å². The number of pyridine rings is 1. The number of aromatic nitrogens is 1. The maximum absolute atomic E-state index is 11.6. The first-order chi connectivity index (χ1) is 9.65. The van der Waals surface area contributed by atoms with Gasteiger partial charge in [0.15, 0.2) is 0 Å². The van der Waals surface area contributed by atoms with E-state index in [2.05, 4.69) is 15.6 Å². The highest BCUT2D eigenvalue weighted by Gasteiger charge is 2.13. The molecule has 0 atom stereocenters. The highest BCUT2D eigenvalue weighted by Crippen LogP contribution is 2.09. The minimum absolute atomic E-state index is 0.285. The van der Waals surface area contributed by atoms with Gasteiger partial charge < -0.3 is 10.6 Å². The van der Waals surface area contributed by atoms with Gasteiger partial charge in [0.2, 0.25) is 0 Å². The molecule has 104 valence electrons. The zero-order valence-electron chi connectivity index (χ0n) is 10.4. The van der Waals surface area contributed by atoms with E-state index in [1.807, 2.05) is 17.5 Å². The SMILES string of the molecule is O=C(NCCc1cccs1)C(=O)Nc1ccc(Cl)cn1. The van der Waals surface area contributed by atoms with E-state index in [9.17, 15) is 9.59 Å². The van der Waals surface area contributed by atoms with Crippen molar-refractivity contribution in [1.82, 2.24) is 10.3 Å². The minimum Gasteiger partial charge on any atom is -0.347 e. The lowest BCUT2D eigenvalue weighted by atomic mass is 10.3. The van der Waals surface area contributed by atoms with Crippen LogP contribution in [-0.4, -0.2) is 23.3 Å². The number of rotatable bonds is 4. The lowest BCUT2D eigenvalue weighted by Crippen LogP contribution is -2.36. The van der Waals surface area contributed by atoms with Gasteiger partial charge in [0.1, 0.15) is 5.82 Å². The van der Waals surface area contributed by atoms with Gasteiger partial charge >= 0.3 is 11.8 Å². The molecular formula is C13H12ClN3O2S. The molecule has 0 aliphatic carbocycles. The summed E-state index contributed by atoms with van der Waals surface area (Å²) in [6.45, 7) is 0.417. The molecule has 0 aromatic carbocycles. The molecule has 0 fully saturated rings. The Kier molecular flexibility index (Phi) is 5.09. The number of hydrogen-bond acceptors (Lipinski definition) is 4. The molecule has 0 spiro atoms. The van der Waals surface area contributed by atoms with Gasteiger partial charge in [-0.25, -0.2) is 4.98 Å². The largest absolute Gasteiger partial charge is 0.347 e. The summed E-state index contributed by atoms with van der Waals surface area (Å²) in [4.78, 5) is 28.2. The third-order valence-corrected chi connectivity index (χ3v) is 3.57. The number of carbonyl (C=O) groups excluding carboxylic acids is 2. The molecule has 2 rings (SSSR count). The highest BCUT2D eigenvalue weighted by atomic mass is 35.5. The van der Waals surface area contributed by atoms with E-state index in [0.29, 0.717) is 18.0 Å². The molecule has 0 unspecified atom stereocenters. The third-order valence-electron chi connectivity index (χ3n) is 2.41. The summed E-state index contributed by atoms with van der Waals surface area (Å²) in [7, 11) is 0. The molecule has 2 aromatic rings. The van der Waals surface area contributed by atoms with Crippen LogP contribution in [0.1, 0.15) is 4.88 Å². The number of amides is 2. The van der Waals surface area contributed by atoms with Crippen LogP contribution in [0.5, 0.6) is 0 Å². The first-order valence-corrected chi connectivity index (χ1v) is 7.14. The number of hydrogen-bond donors (Lipinski definition) is 2. The van der Waals surface area contributed by atoms with Gasteiger partial charge in [-0.1, -0.05) is 17.7 Å². The van der Waals surface area contributed by atoms with E-state index in [1.54, 1.807) is 17.4 Å². The topological polar surface area (TPSA) is 71.1 Å². The van der Waals surface area contributed by atoms with Crippen molar-refractivity contribution in [2.75, 3.05) is 11.9 Å². The molecule has 2 N–H and O–H groups in total. The van der Waals surface area contributed by atoms with Crippen LogP contribution in [0.3, 0.4) is 0 Å². The fourth-order valence-electron chi connectivity index (χ4n) is 1.46. The van der Waals surface area contributed by atoms with Crippen LogP contribution in [-0.2, 0) is 16.0 Å². The van der Waals surface area contributed by atoms with E-state index in [1.165, 1.54) is 12.3 Å². The van der Waals surface area contributed by atoms with E-state index >= 15 is 0 Å². The predicted molar refractivity (Wildman–Crippen MR) is 78.9 cm³/mol. The van der Waals surface area contributed by atoms with E-state index in [0.717, 1.165) is 4.88 Å². The summed E-state index contributed by atoms with van der Waals surface area (Å²) in [5, 5.41) is 7.38. The Morgan fingerprint density at radius 3 is 2.75 bits per heavy atom. The molecule has 2 amide bonds. The highest BCUT2D eigenvalue weighted by molar-refractivity contribution is 7.09. The Bertz CT molecular complexity index is 584. The Labute approximate surface area is 125 Å². The fourth-order valence-corrected chi connectivity index (χ4v) is 2.28. The van der Waals surface area contributed by atoms with Gasteiger partial charge in [-0.2, -0.15) is 0 Å². The van der Waals surface area contributed by atoms with Crippen LogP contribution >= 0.6 is 22.9 Å². The van der Waals surface area contributed by atoms with Crippen molar-refractivity contribution in [3.63, 3.8) is 0 Å². The van der Waals surface area contributed by atoms with Crippen molar-refractivity contribution < 1.29 is 9.59 Å². The zero-order valence-corrected chi connectivity index (χ0v) is 12.0. The maximum atomic E-state index is 11.6. The summed E-state index contributed by atoms with van der Waals surface area (Å²) in [6, 6.07) is 7.04. The molecule has 0 aliphatic rings. The second-order valence-electron chi connectivity index (χ2n) is 3.90. The summed E-state index contributed by atoms with van der Waals surface area (Å²) < 4.78 is 0. The second-order valence-corrected chi connectivity index (χ2v) is 5.37. The van der Waals surface area contributed by atoms with E-state index < -0.39 is 11.8 Å². The van der Waals surface area contributed by atoms with Crippen LogP contribution in [0, 0.1) is 0 Å². The Morgan fingerprint density at radius 1 is 1.25 bits per heavy atom. The number of nitrogens with one attached hydrogen (secondary N) is 2. The number of thiophene rings is 1. The second kappa shape index (κ2) is 7.02. The van der Waals surface area contributed by atoms with Gasteiger partial charge in [0.05, 0.1) is 5.02 Å². The molecule has 0 saturated carbocycles. The number of anilines is 1. The Morgan fingerprint density at radius 2 is 2.10 bits per heavy atom. The van der Waals surface area contributed by atoms with Crippen LogP contribution < -0.4 is 10.6 Å². The van der Waals surface area contributed by atoms with Crippen LogP contribution in [0.2, 0.25) is 5.02 Å². The smallest absolute Gasteiger partial charge is 0.314 e. The molecule has 7 heteroatoms. The molecular weight excluding hydrogens is 298 g/mol. The molecule has 2 heterocycles.